The number of ether oxygens (including phenoxy) is 1. The summed E-state index contributed by atoms with van der Waals surface area (Å²) in [6.45, 7) is -0.518. The monoisotopic (exact) mass is 522 g/mol. The number of nitrogens with two attached hydrogens (primary N) is 1. The van der Waals surface area contributed by atoms with E-state index >= 15 is 0 Å². The number of H-pyrrole nitrogens is 1. The molecule has 13 nitrogen and oxygen atoms in total. The summed E-state index contributed by atoms with van der Waals surface area (Å²) in [4.78, 5) is 25.0. The molecule has 4 atom stereocenters. The van der Waals surface area contributed by atoms with Crippen molar-refractivity contribution in [2.45, 2.75) is 24.5 Å². The summed E-state index contributed by atoms with van der Waals surface area (Å²) in [6, 6.07) is 5.67. The first-order chi connectivity index (χ1) is 15.7. The molecule has 0 bridgehead atoms. The molecule has 0 aliphatic carbocycles. The highest BCUT2D eigenvalue weighted by atomic mass is 79.9. The lowest BCUT2D eigenvalue weighted by Gasteiger charge is -2.18. The second kappa shape index (κ2) is 9.07. The third kappa shape index (κ3) is 4.30. The first-order valence-electron chi connectivity index (χ1n) is 9.87. The minimum Gasteiger partial charge on any atom is -0.394 e. The van der Waals surface area contributed by atoms with E-state index in [-0.39, 0.29) is 23.1 Å². The quantitative estimate of drug-likeness (QED) is 0.183. The molecule has 0 spiro atoms. The topological polar surface area (TPSA) is 187 Å². The Kier molecular flexibility index (Phi) is 6.36. The van der Waals surface area contributed by atoms with Crippen LogP contribution in [0.1, 0.15) is 11.8 Å². The number of rotatable bonds is 6. The molecule has 1 saturated heterocycles. The Bertz CT molecular complexity index is 1260. The van der Waals surface area contributed by atoms with Crippen molar-refractivity contribution < 1.29 is 20.1 Å². The molecule has 4 rings (SSSR count). The molecular weight excluding hydrogens is 500 g/mol. The number of fused-ring (bicyclic) bond motifs is 1. The molecule has 2 aromatic heterocycles. The Balaban J connectivity index is 1.71. The molecule has 1 aromatic carbocycles. The van der Waals surface area contributed by atoms with E-state index < -0.39 is 36.7 Å². The molecule has 1 aliphatic heterocycles. The van der Waals surface area contributed by atoms with Crippen molar-refractivity contribution in [1.29, 1.82) is 0 Å². The molecule has 3 heterocycles. The minimum absolute atomic E-state index is 0.0156. The summed E-state index contributed by atoms with van der Waals surface area (Å²) < 4.78 is 7.75. The molecule has 0 unspecified atom stereocenters. The SMILES string of the molecule is CN(C)c1ccc(/C=N\Nc2nc3c(=O)[nH]c(N)nc3n2[C@@H]2O[C@@H](CO)[C@@H](O)[C@H]2O)cc1Br. The van der Waals surface area contributed by atoms with Crippen LogP contribution in [0.4, 0.5) is 17.6 Å². The lowest BCUT2D eigenvalue weighted by atomic mass is 10.1. The van der Waals surface area contributed by atoms with Crippen molar-refractivity contribution in [2.24, 2.45) is 5.10 Å². The average Bonchev–Trinajstić information content (AvgIpc) is 3.25. The molecule has 14 heteroatoms. The van der Waals surface area contributed by atoms with Gasteiger partial charge in [-0.05, 0) is 33.6 Å². The normalized spacial score (nSPS) is 23.0. The second-order valence-electron chi connectivity index (χ2n) is 7.63. The third-order valence-corrected chi connectivity index (χ3v) is 5.81. The number of nitrogens with one attached hydrogen (secondary N) is 2. The van der Waals surface area contributed by atoms with Gasteiger partial charge in [-0.1, -0.05) is 6.07 Å². The van der Waals surface area contributed by atoms with Gasteiger partial charge in [0.1, 0.15) is 18.3 Å². The fourth-order valence-electron chi connectivity index (χ4n) is 3.54. The standard InChI is InChI=1S/C19H23BrN8O5/c1-27(2)10-4-3-8(5-9(10)20)6-22-26-19-23-12-15(24-18(21)25-16(12)32)28(19)17-14(31)13(30)11(7-29)33-17/h3-6,11,13-14,17,29-31H,7H2,1-2H3,(H,23,26)(H3,21,24,25,32)/b22-6-/t11-,13+,14+,17+/m0/s1. The first-order valence-corrected chi connectivity index (χ1v) is 10.7. The van der Waals surface area contributed by atoms with E-state index in [9.17, 15) is 20.1 Å². The summed E-state index contributed by atoms with van der Waals surface area (Å²) in [5.41, 5.74) is 9.52. The van der Waals surface area contributed by atoms with Crippen molar-refractivity contribution in [3.8, 4) is 0 Å². The summed E-state index contributed by atoms with van der Waals surface area (Å²) >= 11 is 3.52. The Hall–Kier alpha value is -3.04. The zero-order valence-electron chi connectivity index (χ0n) is 17.7. The van der Waals surface area contributed by atoms with Gasteiger partial charge in [0.25, 0.3) is 5.56 Å². The highest BCUT2D eigenvalue weighted by Crippen LogP contribution is 2.34. The molecule has 0 saturated carbocycles. The molecule has 1 aliphatic rings. The van der Waals surface area contributed by atoms with Crippen LogP contribution in [0.15, 0.2) is 32.6 Å². The summed E-state index contributed by atoms with van der Waals surface area (Å²) in [5.74, 6) is -0.148. The number of hydrogen-bond acceptors (Lipinski definition) is 11. The van der Waals surface area contributed by atoms with Crippen LogP contribution in [0.2, 0.25) is 0 Å². The van der Waals surface area contributed by atoms with Crippen LogP contribution < -0.4 is 21.6 Å². The predicted octanol–water partition coefficient (Wildman–Crippen LogP) is -0.412. The molecule has 0 amide bonds. The number of benzene rings is 1. The van der Waals surface area contributed by atoms with Crippen LogP contribution in [0.5, 0.6) is 0 Å². The van der Waals surface area contributed by atoms with Gasteiger partial charge < -0.3 is 30.7 Å². The van der Waals surface area contributed by atoms with Gasteiger partial charge in [0.2, 0.25) is 11.9 Å². The van der Waals surface area contributed by atoms with Crippen molar-refractivity contribution >= 4 is 50.9 Å². The highest BCUT2D eigenvalue weighted by molar-refractivity contribution is 9.10. The van der Waals surface area contributed by atoms with Gasteiger partial charge in [0, 0.05) is 18.6 Å². The highest BCUT2D eigenvalue weighted by Gasteiger charge is 2.45. The lowest BCUT2D eigenvalue weighted by Crippen LogP contribution is -2.33. The Morgan fingerprint density at radius 1 is 1.36 bits per heavy atom. The number of aromatic amines is 1. The first kappa shape index (κ1) is 23.1. The largest absolute Gasteiger partial charge is 0.394 e. The van der Waals surface area contributed by atoms with Gasteiger partial charge in [-0.3, -0.25) is 14.3 Å². The number of halogens is 1. The molecule has 1 fully saturated rings. The maximum atomic E-state index is 12.3. The molecular formula is C19H23BrN8O5. The van der Waals surface area contributed by atoms with Gasteiger partial charge in [-0.25, -0.2) is 10.4 Å². The van der Waals surface area contributed by atoms with Gasteiger partial charge in [-0.15, -0.1) is 0 Å². The van der Waals surface area contributed by atoms with Crippen molar-refractivity contribution in [2.75, 3.05) is 36.8 Å². The number of nitrogens with zero attached hydrogens (tertiary/aromatic N) is 5. The van der Waals surface area contributed by atoms with Crippen molar-refractivity contribution in [1.82, 2.24) is 19.5 Å². The predicted molar refractivity (Wildman–Crippen MR) is 125 cm³/mol. The van der Waals surface area contributed by atoms with E-state index in [0.29, 0.717) is 0 Å². The number of anilines is 3. The van der Waals surface area contributed by atoms with E-state index in [2.05, 4.69) is 41.4 Å². The Morgan fingerprint density at radius 3 is 2.76 bits per heavy atom. The minimum atomic E-state index is -1.43. The van der Waals surface area contributed by atoms with Crippen LogP contribution in [0.3, 0.4) is 0 Å². The fourth-order valence-corrected chi connectivity index (χ4v) is 4.30. The molecule has 33 heavy (non-hydrogen) atoms. The number of hydrazone groups is 1. The van der Waals surface area contributed by atoms with E-state index in [1.807, 2.05) is 37.2 Å². The summed E-state index contributed by atoms with van der Waals surface area (Å²) in [5, 5.41) is 34.3. The number of aromatic nitrogens is 4. The van der Waals surface area contributed by atoms with Crippen LogP contribution in [0, 0.1) is 0 Å². The van der Waals surface area contributed by atoms with Crippen LogP contribution in [0.25, 0.3) is 11.2 Å². The molecule has 7 N–H and O–H groups in total. The van der Waals surface area contributed by atoms with E-state index in [0.717, 1.165) is 15.7 Å². The number of aliphatic hydroxyl groups is 3. The second-order valence-corrected chi connectivity index (χ2v) is 8.49. The van der Waals surface area contributed by atoms with E-state index in [4.69, 9.17) is 10.5 Å². The third-order valence-electron chi connectivity index (χ3n) is 5.17. The Labute approximate surface area is 195 Å². The van der Waals surface area contributed by atoms with E-state index in [1.165, 1.54) is 10.8 Å². The van der Waals surface area contributed by atoms with E-state index in [1.54, 1.807) is 0 Å². The van der Waals surface area contributed by atoms with Crippen molar-refractivity contribution in [3.05, 3.63) is 38.6 Å². The van der Waals surface area contributed by atoms with Crippen molar-refractivity contribution in [3.63, 3.8) is 0 Å². The van der Waals surface area contributed by atoms with Gasteiger partial charge in [0.15, 0.2) is 17.4 Å². The fraction of sp³-hybridized carbons (Fsp3) is 0.368. The van der Waals surface area contributed by atoms with Crippen LogP contribution >= 0.6 is 15.9 Å². The maximum Gasteiger partial charge on any atom is 0.280 e. The lowest BCUT2D eigenvalue weighted by molar-refractivity contribution is -0.0501. The van der Waals surface area contributed by atoms with Gasteiger partial charge in [-0.2, -0.15) is 10.1 Å². The average molecular weight is 523 g/mol. The molecule has 0 radical (unpaired) electrons. The Morgan fingerprint density at radius 2 is 2.12 bits per heavy atom. The molecule has 3 aromatic rings. The summed E-state index contributed by atoms with van der Waals surface area (Å²) in [6.07, 6.45) is -3.49. The van der Waals surface area contributed by atoms with Gasteiger partial charge >= 0.3 is 0 Å². The molecule has 176 valence electrons. The maximum absolute atomic E-state index is 12.3. The van der Waals surface area contributed by atoms with Crippen LogP contribution in [-0.4, -0.2) is 80.1 Å². The number of nitrogen functional groups attached to an aromatic ring is 1. The smallest absolute Gasteiger partial charge is 0.280 e. The number of aliphatic hydroxyl groups excluding tert-OH is 3. The number of imidazole rings is 1. The number of hydrogen-bond donors (Lipinski definition) is 6. The van der Waals surface area contributed by atoms with Crippen LogP contribution in [-0.2, 0) is 4.74 Å². The van der Waals surface area contributed by atoms with Gasteiger partial charge in [0.05, 0.1) is 18.5 Å². The zero-order valence-corrected chi connectivity index (χ0v) is 19.3. The zero-order chi connectivity index (χ0) is 23.9. The summed E-state index contributed by atoms with van der Waals surface area (Å²) in [7, 11) is 3.86.